The fourth-order valence-electron chi connectivity index (χ4n) is 4.52. The Kier molecular flexibility index (Phi) is 7.09. The predicted octanol–water partition coefficient (Wildman–Crippen LogP) is 1.24. The molecule has 2 aliphatic heterocycles. The molecule has 0 fully saturated rings. The number of primary amides is 1. The third-order valence-electron chi connectivity index (χ3n) is 6.25. The lowest BCUT2D eigenvalue weighted by Gasteiger charge is -2.28. The van der Waals surface area contributed by atoms with E-state index in [1.54, 1.807) is 24.3 Å². The summed E-state index contributed by atoms with van der Waals surface area (Å²) in [6.45, 7) is 1.86. The summed E-state index contributed by atoms with van der Waals surface area (Å²) in [6.07, 6.45) is 3.31. The molecule has 2 aromatic rings. The Balaban J connectivity index is 1.56. The van der Waals surface area contributed by atoms with E-state index < -0.39 is 24.2 Å². The van der Waals surface area contributed by atoms with Crippen LogP contribution in [0, 0.1) is 0 Å². The second kappa shape index (κ2) is 10.4. The molecule has 10 nitrogen and oxygen atoms in total. The highest BCUT2D eigenvalue weighted by molar-refractivity contribution is 6.09. The highest BCUT2D eigenvalue weighted by atomic mass is 16.2. The summed E-state index contributed by atoms with van der Waals surface area (Å²) >= 11 is 0. The van der Waals surface area contributed by atoms with Crippen molar-refractivity contribution in [3.8, 4) is 0 Å². The molecule has 0 unspecified atom stereocenters. The van der Waals surface area contributed by atoms with Crippen molar-refractivity contribution in [1.29, 1.82) is 0 Å². The molecule has 2 heterocycles. The van der Waals surface area contributed by atoms with Gasteiger partial charge in [0, 0.05) is 18.2 Å². The van der Waals surface area contributed by atoms with E-state index in [-0.39, 0.29) is 17.7 Å². The number of nitrogens with zero attached hydrogens (tertiary/aromatic N) is 2. The molecule has 0 spiro atoms. The van der Waals surface area contributed by atoms with E-state index in [0.29, 0.717) is 31.2 Å². The highest BCUT2D eigenvalue weighted by Gasteiger charge is 2.44. The normalized spacial score (nSPS) is 19.6. The Hall–Kier alpha value is -4.21. The second-order valence-corrected chi connectivity index (χ2v) is 8.56. The number of anilines is 1. The number of benzene rings is 2. The SMILES string of the molecule is CC[C@@H](/C=N/NC(N)=O)NC(=O)[C@@H]1Cc2cccc3c2N1C(=O)[C@@H](NC(=O)c1ccccc1)CC3. The lowest BCUT2D eigenvalue weighted by molar-refractivity contribution is -0.127. The molecule has 0 radical (unpaired) electrons. The first-order chi connectivity index (χ1) is 16.9. The maximum atomic E-state index is 13.7. The van der Waals surface area contributed by atoms with Crippen molar-refractivity contribution in [2.24, 2.45) is 10.8 Å². The predicted molar refractivity (Wildman–Crippen MR) is 131 cm³/mol. The monoisotopic (exact) mass is 476 g/mol. The molecule has 0 saturated carbocycles. The molecule has 5 amide bonds. The lowest BCUT2D eigenvalue weighted by Crippen LogP contribution is -2.55. The number of carbonyl (C=O) groups is 4. The van der Waals surface area contributed by atoms with E-state index in [1.165, 1.54) is 11.1 Å². The summed E-state index contributed by atoms with van der Waals surface area (Å²) in [5.41, 5.74) is 10.2. The maximum absolute atomic E-state index is 13.7. The number of rotatable bonds is 7. The number of para-hydroxylation sites is 1. The molecule has 0 aromatic heterocycles. The minimum Gasteiger partial charge on any atom is -0.350 e. The summed E-state index contributed by atoms with van der Waals surface area (Å²) in [7, 11) is 0. The van der Waals surface area contributed by atoms with Crippen molar-refractivity contribution in [2.75, 3.05) is 4.90 Å². The summed E-state index contributed by atoms with van der Waals surface area (Å²) < 4.78 is 0. The fourth-order valence-corrected chi connectivity index (χ4v) is 4.52. The van der Waals surface area contributed by atoms with Gasteiger partial charge in [-0.3, -0.25) is 19.3 Å². The van der Waals surface area contributed by atoms with Crippen molar-refractivity contribution < 1.29 is 19.2 Å². The van der Waals surface area contributed by atoms with Crippen LogP contribution >= 0.6 is 0 Å². The highest BCUT2D eigenvalue weighted by Crippen LogP contribution is 2.39. The summed E-state index contributed by atoms with van der Waals surface area (Å²) in [6, 6.07) is 11.7. The van der Waals surface area contributed by atoms with E-state index in [9.17, 15) is 19.2 Å². The fraction of sp³-hybridized carbons (Fsp3) is 0.320. The Morgan fingerprint density at radius 2 is 1.89 bits per heavy atom. The van der Waals surface area contributed by atoms with Crippen LogP contribution in [-0.2, 0) is 22.4 Å². The van der Waals surface area contributed by atoms with Crippen molar-refractivity contribution in [1.82, 2.24) is 16.1 Å². The molecular weight excluding hydrogens is 448 g/mol. The van der Waals surface area contributed by atoms with E-state index in [4.69, 9.17) is 5.73 Å². The number of aryl methyl sites for hydroxylation is 1. The third-order valence-corrected chi connectivity index (χ3v) is 6.25. The Morgan fingerprint density at radius 1 is 1.14 bits per heavy atom. The van der Waals surface area contributed by atoms with E-state index >= 15 is 0 Å². The quantitative estimate of drug-likeness (QED) is 0.352. The first kappa shape index (κ1) is 23.9. The van der Waals surface area contributed by atoms with E-state index in [2.05, 4.69) is 21.2 Å². The average Bonchev–Trinajstić information content (AvgIpc) is 3.19. The van der Waals surface area contributed by atoms with Crippen LogP contribution in [0.1, 0.15) is 41.3 Å². The molecule has 182 valence electrons. The summed E-state index contributed by atoms with van der Waals surface area (Å²) in [5, 5.41) is 9.48. The summed E-state index contributed by atoms with van der Waals surface area (Å²) in [5.74, 6) is -0.984. The van der Waals surface area contributed by atoms with Gasteiger partial charge in [0.25, 0.3) is 5.91 Å². The number of hydrogen-bond donors (Lipinski definition) is 4. The number of urea groups is 1. The molecule has 2 aliphatic rings. The Bertz CT molecular complexity index is 1170. The van der Waals surface area contributed by atoms with Crippen molar-refractivity contribution in [2.45, 2.75) is 50.7 Å². The molecule has 0 bridgehead atoms. The van der Waals surface area contributed by atoms with Crippen molar-refractivity contribution in [3.63, 3.8) is 0 Å². The average molecular weight is 477 g/mol. The van der Waals surface area contributed by atoms with Gasteiger partial charge in [0.15, 0.2) is 0 Å². The zero-order valence-corrected chi connectivity index (χ0v) is 19.4. The Morgan fingerprint density at radius 3 is 2.60 bits per heavy atom. The van der Waals surface area contributed by atoms with Gasteiger partial charge in [-0.05, 0) is 42.5 Å². The minimum atomic E-state index is -0.806. The van der Waals surface area contributed by atoms with Gasteiger partial charge in [-0.1, -0.05) is 43.3 Å². The van der Waals surface area contributed by atoms with Crippen LogP contribution in [0.25, 0.3) is 0 Å². The lowest BCUT2D eigenvalue weighted by atomic mass is 10.0. The van der Waals surface area contributed by atoms with Gasteiger partial charge in [0.1, 0.15) is 12.1 Å². The molecule has 0 saturated heterocycles. The number of hydrazone groups is 1. The number of amides is 5. The molecule has 0 aliphatic carbocycles. The van der Waals surface area contributed by atoms with E-state index in [1.807, 2.05) is 31.2 Å². The molecule has 3 atom stereocenters. The van der Waals surface area contributed by atoms with Crippen molar-refractivity contribution >= 4 is 35.7 Å². The van der Waals surface area contributed by atoms with Gasteiger partial charge in [-0.25, -0.2) is 10.2 Å². The first-order valence-electron chi connectivity index (χ1n) is 11.6. The standard InChI is InChI=1S/C25H28N6O4/c1-2-18(14-27-30-25(26)35)28-23(33)20-13-17-10-6-9-15-11-12-19(24(34)31(20)21(15)17)29-22(32)16-7-4-3-5-8-16/h3-10,14,18-20H,2,11-13H2,1H3,(H,28,33)(H,29,32)(H3,26,30,35)/b27-14+/t18-,19-,20-/m0/s1. The van der Waals surface area contributed by atoms with Gasteiger partial charge >= 0.3 is 6.03 Å². The maximum Gasteiger partial charge on any atom is 0.332 e. The van der Waals surface area contributed by atoms with Crippen LogP contribution in [0.4, 0.5) is 10.5 Å². The van der Waals surface area contributed by atoms with Crippen LogP contribution in [-0.4, -0.2) is 48.1 Å². The van der Waals surface area contributed by atoms with Crippen LogP contribution in [0.5, 0.6) is 0 Å². The van der Waals surface area contributed by atoms with E-state index in [0.717, 1.165) is 16.8 Å². The van der Waals surface area contributed by atoms with Gasteiger partial charge < -0.3 is 16.4 Å². The number of carbonyl (C=O) groups excluding carboxylic acids is 4. The smallest absolute Gasteiger partial charge is 0.332 e. The van der Waals surface area contributed by atoms with Gasteiger partial charge in [0.2, 0.25) is 11.8 Å². The van der Waals surface area contributed by atoms with Gasteiger partial charge in [-0.15, -0.1) is 0 Å². The number of nitrogens with one attached hydrogen (secondary N) is 3. The largest absolute Gasteiger partial charge is 0.350 e. The van der Waals surface area contributed by atoms with Crippen LogP contribution in [0.15, 0.2) is 53.6 Å². The van der Waals surface area contributed by atoms with Gasteiger partial charge in [-0.2, -0.15) is 5.10 Å². The van der Waals surface area contributed by atoms with Crippen molar-refractivity contribution in [3.05, 3.63) is 65.2 Å². The van der Waals surface area contributed by atoms with Crippen LogP contribution in [0.2, 0.25) is 0 Å². The number of nitrogens with two attached hydrogens (primary N) is 1. The first-order valence-corrected chi connectivity index (χ1v) is 11.6. The Labute approximate surface area is 202 Å². The molecule has 5 N–H and O–H groups in total. The molecule has 10 heteroatoms. The summed E-state index contributed by atoms with van der Waals surface area (Å²) in [4.78, 5) is 52.2. The second-order valence-electron chi connectivity index (χ2n) is 8.56. The van der Waals surface area contributed by atoms with Crippen LogP contribution in [0.3, 0.4) is 0 Å². The number of hydrogen-bond acceptors (Lipinski definition) is 5. The molecular formula is C25H28N6O4. The third kappa shape index (κ3) is 5.16. The molecule has 35 heavy (non-hydrogen) atoms. The van der Waals surface area contributed by atoms with Crippen LogP contribution < -0.4 is 26.7 Å². The van der Waals surface area contributed by atoms with Gasteiger partial charge in [0.05, 0.1) is 11.7 Å². The zero-order valence-electron chi connectivity index (χ0n) is 19.4. The molecule has 2 aromatic carbocycles. The zero-order chi connectivity index (χ0) is 24.9. The topological polar surface area (TPSA) is 146 Å². The molecule has 4 rings (SSSR count). The minimum absolute atomic E-state index is 0.310.